The van der Waals surface area contributed by atoms with E-state index in [0.717, 1.165) is 18.4 Å². The van der Waals surface area contributed by atoms with Gasteiger partial charge < -0.3 is 15.3 Å². The number of carbonyl (C=O) groups is 1. The molecule has 0 aromatic heterocycles. The van der Waals surface area contributed by atoms with Crippen molar-refractivity contribution in [3.8, 4) is 0 Å². The summed E-state index contributed by atoms with van der Waals surface area (Å²) >= 11 is 0. The Morgan fingerprint density at radius 2 is 2.30 bits per heavy atom. The summed E-state index contributed by atoms with van der Waals surface area (Å²) in [6, 6.07) is 3.87. The van der Waals surface area contributed by atoms with E-state index < -0.39 is 0 Å². The van der Waals surface area contributed by atoms with Gasteiger partial charge in [-0.3, -0.25) is 0 Å². The lowest BCUT2D eigenvalue weighted by Crippen LogP contribution is -2.51. The van der Waals surface area contributed by atoms with E-state index in [1.54, 1.807) is 11.0 Å². The number of hydrogen-bond acceptors (Lipinski definition) is 2. The number of amides is 2. The number of nitrogens with one attached hydrogen (secondary N) is 1. The number of benzene rings is 1. The van der Waals surface area contributed by atoms with Crippen LogP contribution in [0, 0.1) is 18.7 Å². The molecule has 1 aromatic rings. The molecule has 0 bridgehead atoms. The molecule has 1 aliphatic rings. The summed E-state index contributed by atoms with van der Waals surface area (Å²) in [7, 11) is 0. The first-order valence-corrected chi connectivity index (χ1v) is 6.97. The molecule has 2 unspecified atom stereocenters. The second kappa shape index (κ2) is 6.22. The SMILES string of the molecule is Cc1ccc(F)cc1NC(=O)N1CCCC(C)C1CO. The summed E-state index contributed by atoms with van der Waals surface area (Å²) < 4.78 is 13.2. The largest absolute Gasteiger partial charge is 0.394 e. The normalized spacial score (nSPS) is 22.7. The molecule has 110 valence electrons. The predicted molar refractivity (Wildman–Crippen MR) is 76.1 cm³/mol. The third kappa shape index (κ3) is 3.10. The Kier molecular flexibility index (Phi) is 4.60. The van der Waals surface area contributed by atoms with Crippen molar-refractivity contribution in [1.29, 1.82) is 0 Å². The number of aliphatic hydroxyl groups is 1. The molecule has 2 N–H and O–H groups in total. The van der Waals surface area contributed by atoms with E-state index in [-0.39, 0.29) is 30.4 Å². The Balaban J connectivity index is 2.12. The standard InChI is InChI=1S/C15H21FN2O2/c1-10-5-6-12(16)8-13(10)17-15(20)18-7-3-4-11(2)14(18)9-19/h5-6,8,11,14,19H,3-4,7,9H2,1-2H3,(H,17,20). The van der Waals surface area contributed by atoms with Crippen molar-refractivity contribution in [2.45, 2.75) is 32.7 Å². The number of urea groups is 1. The quantitative estimate of drug-likeness (QED) is 0.875. The lowest BCUT2D eigenvalue weighted by Gasteiger charge is -2.39. The highest BCUT2D eigenvalue weighted by Gasteiger charge is 2.31. The average molecular weight is 280 g/mol. The van der Waals surface area contributed by atoms with Crippen LogP contribution < -0.4 is 5.32 Å². The predicted octanol–water partition coefficient (Wildman–Crippen LogP) is 2.76. The minimum atomic E-state index is -0.378. The molecule has 4 nitrogen and oxygen atoms in total. The molecule has 5 heteroatoms. The number of aliphatic hydroxyl groups excluding tert-OH is 1. The Bertz CT molecular complexity index is 493. The monoisotopic (exact) mass is 280 g/mol. The third-order valence-electron chi connectivity index (χ3n) is 4.00. The van der Waals surface area contributed by atoms with Crippen molar-refractivity contribution in [2.24, 2.45) is 5.92 Å². The van der Waals surface area contributed by atoms with Crippen LogP contribution in [0.5, 0.6) is 0 Å². The number of rotatable bonds is 2. The number of nitrogens with zero attached hydrogens (tertiary/aromatic N) is 1. The number of carbonyl (C=O) groups excluding carboxylic acids is 1. The zero-order chi connectivity index (χ0) is 14.7. The van der Waals surface area contributed by atoms with Gasteiger partial charge in [-0.25, -0.2) is 9.18 Å². The van der Waals surface area contributed by atoms with Gasteiger partial charge >= 0.3 is 6.03 Å². The van der Waals surface area contributed by atoms with E-state index in [0.29, 0.717) is 12.2 Å². The molecular weight excluding hydrogens is 259 g/mol. The van der Waals surface area contributed by atoms with E-state index in [1.807, 2.05) is 13.8 Å². The van der Waals surface area contributed by atoms with Crippen molar-refractivity contribution in [2.75, 3.05) is 18.5 Å². The molecule has 1 aromatic carbocycles. The van der Waals surface area contributed by atoms with Crippen molar-refractivity contribution in [3.05, 3.63) is 29.6 Å². The van der Waals surface area contributed by atoms with Crippen LogP contribution >= 0.6 is 0 Å². The van der Waals surface area contributed by atoms with Crippen LogP contribution in [0.3, 0.4) is 0 Å². The van der Waals surface area contributed by atoms with E-state index >= 15 is 0 Å². The zero-order valence-electron chi connectivity index (χ0n) is 11.9. The summed E-state index contributed by atoms with van der Waals surface area (Å²) in [6.45, 7) is 4.43. The summed E-state index contributed by atoms with van der Waals surface area (Å²) in [5, 5.41) is 12.2. The van der Waals surface area contributed by atoms with Crippen molar-refractivity contribution < 1.29 is 14.3 Å². The highest BCUT2D eigenvalue weighted by Crippen LogP contribution is 2.24. The van der Waals surface area contributed by atoms with Gasteiger partial charge in [0.2, 0.25) is 0 Å². The first-order valence-electron chi connectivity index (χ1n) is 6.97. The number of piperidine rings is 1. The second-order valence-corrected chi connectivity index (χ2v) is 5.45. The average Bonchev–Trinajstić information content (AvgIpc) is 2.42. The van der Waals surface area contributed by atoms with Gasteiger partial charge in [0.15, 0.2) is 0 Å². The maximum Gasteiger partial charge on any atom is 0.322 e. The third-order valence-corrected chi connectivity index (χ3v) is 4.00. The minimum absolute atomic E-state index is 0.0449. The van der Waals surface area contributed by atoms with Crippen LogP contribution in [0.1, 0.15) is 25.3 Å². The topological polar surface area (TPSA) is 52.6 Å². The van der Waals surface area contributed by atoms with Crippen molar-refractivity contribution in [3.63, 3.8) is 0 Å². The number of hydrogen-bond donors (Lipinski definition) is 2. The molecule has 0 aliphatic carbocycles. The second-order valence-electron chi connectivity index (χ2n) is 5.45. The molecule has 1 saturated heterocycles. The van der Waals surface area contributed by atoms with E-state index in [1.165, 1.54) is 12.1 Å². The summed E-state index contributed by atoms with van der Waals surface area (Å²) in [5.41, 5.74) is 1.29. The van der Waals surface area contributed by atoms with E-state index in [9.17, 15) is 14.3 Å². The molecule has 2 amide bonds. The smallest absolute Gasteiger partial charge is 0.322 e. The van der Waals surface area contributed by atoms with Gasteiger partial charge in [-0.05, 0) is 43.4 Å². The zero-order valence-corrected chi connectivity index (χ0v) is 11.9. The highest BCUT2D eigenvalue weighted by atomic mass is 19.1. The van der Waals surface area contributed by atoms with Crippen LogP contribution in [0.15, 0.2) is 18.2 Å². The van der Waals surface area contributed by atoms with E-state index in [2.05, 4.69) is 5.32 Å². The lowest BCUT2D eigenvalue weighted by atomic mass is 9.91. The van der Waals surface area contributed by atoms with Gasteiger partial charge in [-0.15, -0.1) is 0 Å². The Morgan fingerprint density at radius 3 is 3.00 bits per heavy atom. The van der Waals surface area contributed by atoms with E-state index in [4.69, 9.17) is 0 Å². The summed E-state index contributed by atoms with van der Waals surface area (Å²) in [4.78, 5) is 14.0. The molecule has 1 fully saturated rings. The molecule has 20 heavy (non-hydrogen) atoms. The van der Waals surface area contributed by atoms with Gasteiger partial charge in [-0.2, -0.15) is 0 Å². The van der Waals surface area contributed by atoms with Crippen LogP contribution in [-0.2, 0) is 0 Å². The fourth-order valence-electron chi connectivity index (χ4n) is 2.70. The molecule has 0 radical (unpaired) electrons. The molecule has 1 heterocycles. The number of aryl methyl sites for hydroxylation is 1. The molecule has 2 atom stereocenters. The van der Waals surface area contributed by atoms with Gasteiger partial charge in [0, 0.05) is 12.2 Å². The summed E-state index contributed by atoms with van der Waals surface area (Å²) in [6.07, 6.45) is 1.93. The highest BCUT2D eigenvalue weighted by molar-refractivity contribution is 5.90. The molecule has 1 aliphatic heterocycles. The molecular formula is C15H21FN2O2. The van der Waals surface area contributed by atoms with Crippen molar-refractivity contribution in [1.82, 2.24) is 4.90 Å². The minimum Gasteiger partial charge on any atom is -0.394 e. The Hall–Kier alpha value is -1.62. The molecule has 0 spiro atoms. The van der Waals surface area contributed by atoms with Gasteiger partial charge in [-0.1, -0.05) is 13.0 Å². The van der Waals surface area contributed by atoms with Crippen LogP contribution in [0.4, 0.5) is 14.9 Å². The Labute approximate surface area is 118 Å². The number of likely N-dealkylation sites (tertiary alicyclic amines) is 1. The van der Waals surface area contributed by atoms with Crippen LogP contribution in [0.2, 0.25) is 0 Å². The first kappa shape index (κ1) is 14.8. The first-order chi connectivity index (χ1) is 9.52. The fourth-order valence-corrected chi connectivity index (χ4v) is 2.70. The number of halogens is 1. The Morgan fingerprint density at radius 1 is 1.55 bits per heavy atom. The van der Waals surface area contributed by atoms with Crippen LogP contribution in [0.25, 0.3) is 0 Å². The molecule has 0 saturated carbocycles. The maximum absolute atomic E-state index is 13.2. The lowest BCUT2D eigenvalue weighted by molar-refractivity contribution is 0.0811. The fraction of sp³-hybridized carbons (Fsp3) is 0.533. The van der Waals surface area contributed by atoms with Crippen LogP contribution in [-0.4, -0.2) is 35.2 Å². The van der Waals surface area contributed by atoms with Gasteiger partial charge in [0.25, 0.3) is 0 Å². The van der Waals surface area contributed by atoms with Crippen molar-refractivity contribution >= 4 is 11.7 Å². The van der Waals surface area contributed by atoms with Gasteiger partial charge in [0.05, 0.1) is 12.6 Å². The maximum atomic E-state index is 13.2. The molecule has 2 rings (SSSR count). The van der Waals surface area contributed by atoms with Gasteiger partial charge in [0.1, 0.15) is 5.82 Å². The summed E-state index contributed by atoms with van der Waals surface area (Å²) in [5.74, 6) is -0.107. The number of anilines is 1.